The van der Waals surface area contributed by atoms with Gasteiger partial charge in [0, 0.05) is 29.8 Å². The van der Waals surface area contributed by atoms with E-state index in [4.69, 9.17) is 4.74 Å². The molecule has 1 atom stereocenters. The quantitative estimate of drug-likeness (QED) is 0.442. The first-order valence-corrected chi connectivity index (χ1v) is 11.4. The lowest BCUT2D eigenvalue weighted by Gasteiger charge is -2.21. The van der Waals surface area contributed by atoms with Crippen molar-refractivity contribution in [2.24, 2.45) is 0 Å². The Hall–Kier alpha value is -4.40. The van der Waals surface area contributed by atoms with E-state index in [2.05, 4.69) is 20.4 Å². The van der Waals surface area contributed by atoms with E-state index in [9.17, 15) is 19.2 Å². The number of aromatic nitrogens is 2. The number of benzene rings is 2. The topological polar surface area (TPSA) is 119 Å². The number of hydrogen-bond donors (Lipinski definition) is 1. The van der Waals surface area contributed by atoms with Gasteiger partial charge in [0.15, 0.2) is 29.2 Å². The maximum Gasteiger partial charge on any atom is 0.359 e. The van der Waals surface area contributed by atoms with Gasteiger partial charge in [-0.15, -0.1) is 10.2 Å². The second-order valence-corrected chi connectivity index (χ2v) is 8.44. The molecule has 2 aromatic carbocycles. The number of anilines is 2. The zero-order valence-electron chi connectivity index (χ0n) is 19.0. The fourth-order valence-corrected chi connectivity index (χ4v) is 4.31. The van der Waals surface area contributed by atoms with Gasteiger partial charge in [0.05, 0.1) is 11.3 Å². The first-order chi connectivity index (χ1) is 16.9. The highest BCUT2D eigenvalue weighted by atomic mass is 16.5. The first kappa shape index (κ1) is 22.4. The molecular weight excluding hydrogens is 448 g/mol. The van der Waals surface area contributed by atoms with Crippen LogP contribution in [0.25, 0.3) is 0 Å². The van der Waals surface area contributed by atoms with E-state index < -0.39 is 18.0 Å². The summed E-state index contributed by atoms with van der Waals surface area (Å²) in [5.41, 5.74) is 1.10. The molecule has 1 N–H and O–H groups in total. The van der Waals surface area contributed by atoms with Gasteiger partial charge in [0.1, 0.15) is 0 Å². The van der Waals surface area contributed by atoms with Gasteiger partial charge in [0.2, 0.25) is 0 Å². The van der Waals surface area contributed by atoms with E-state index in [1.54, 1.807) is 42.5 Å². The number of ketones is 2. The fourth-order valence-electron chi connectivity index (χ4n) is 4.31. The minimum Gasteiger partial charge on any atom is -0.448 e. The lowest BCUT2D eigenvalue weighted by molar-refractivity contribution is -0.123. The van der Waals surface area contributed by atoms with E-state index in [-0.39, 0.29) is 39.6 Å². The van der Waals surface area contributed by atoms with Crippen molar-refractivity contribution in [1.29, 1.82) is 0 Å². The summed E-state index contributed by atoms with van der Waals surface area (Å²) in [5, 5.41) is 10.6. The van der Waals surface area contributed by atoms with Crippen molar-refractivity contribution in [1.82, 2.24) is 10.2 Å². The molecule has 1 amide bonds. The summed E-state index contributed by atoms with van der Waals surface area (Å²) < 4.78 is 5.27. The number of ether oxygens (including phenoxy) is 1. The molecule has 0 bridgehead atoms. The highest BCUT2D eigenvalue weighted by molar-refractivity contribution is 6.30. The number of esters is 1. The fraction of sp³-hybridized carbons (Fsp3) is 0.231. The van der Waals surface area contributed by atoms with Crippen molar-refractivity contribution < 1.29 is 23.9 Å². The van der Waals surface area contributed by atoms with Crippen LogP contribution in [0.1, 0.15) is 62.1 Å². The van der Waals surface area contributed by atoms with Crippen molar-refractivity contribution in [3.8, 4) is 0 Å². The van der Waals surface area contributed by atoms with Crippen LogP contribution < -0.4 is 10.2 Å². The van der Waals surface area contributed by atoms with Crippen molar-refractivity contribution in [2.75, 3.05) is 23.3 Å². The Kier molecular flexibility index (Phi) is 5.82. The highest BCUT2D eigenvalue weighted by Crippen LogP contribution is 2.32. The van der Waals surface area contributed by atoms with Gasteiger partial charge in [0.25, 0.3) is 5.91 Å². The summed E-state index contributed by atoms with van der Waals surface area (Å²) in [5.74, 6) is -1.39. The van der Waals surface area contributed by atoms with E-state index in [0.29, 0.717) is 11.4 Å². The van der Waals surface area contributed by atoms with E-state index in [1.807, 2.05) is 0 Å². The molecule has 2 heterocycles. The molecule has 1 unspecified atom stereocenters. The number of nitrogens with one attached hydrogen (secondary N) is 1. The maximum atomic E-state index is 13.1. The Bertz CT molecular complexity index is 1350. The number of carbonyl (C=O) groups excluding carboxylic acids is 4. The number of amides is 1. The predicted molar refractivity (Wildman–Crippen MR) is 127 cm³/mol. The lowest BCUT2D eigenvalue weighted by Crippen LogP contribution is -2.32. The van der Waals surface area contributed by atoms with E-state index >= 15 is 0 Å². The number of nitrogens with zero attached hydrogens (tertiary/aromatic N) is 3. The van der Waals surface area contributed by atoms with Crippen LogP contribution in [-0.4, -0.2) is 52.8 Å². The lowest BCUT2D eigenvalue weighted by atomic mass is 9.83. The van der Waals surface area contributed by atoms with Gasteiger partial charge in [-0.3, -0.25) is 14.4 Å². The Morgan fingerprint density at radius 1 is 0.886 bits per heavy atom. The average Bonchev–Trinajstić information content (AvgIpc) is 3.42. The molecule has 35 heavy (non-hydrogen) atoms. The Morgan fingerprint density at radius 3 is 2.26 bits per heavy atom. The smallest absolute Gasteiger partial charge is 0.359 e. The molecule has 1 aliphatic carbocycles. The van der Waals surface area contributed by atoms with E-state index in [0.717, 1.165) is 25.9 Å². The molecule has 0 spiro atoms. The Morgan fingerprint density at radius 2 is 1.57 bits per heavy atom. The maximum absolute atomic E-state index is 13.1. The third kappa shape index (κ3) is 4.16. The monoisotopic (exact) mass is 470 g/mol. The Labute approximate surface area is 201 Å². The summed E-state index contributed by atoms with van der Waals surface area (Å²) >= 11 is 0. The van der Waals surface area contributed by atoms with Gasteiger partial charge in [-0.25, -0.2) is 4.79 Å². The van der Waals surface area contributed by atoms with Gasteiger partial charge >= 0.3 is 5.97 Å². The zero-order valence-corrected chi connectivity index (χ0v) is 19.0. The van der Waals surface area contributed by atoms with Gasteiger partial charge in [-0.05, 0) is 38.0 Å². The summed E-state index contributed by atoms with van der Waals surface area (Å²) in [7, 11) is 0. The van der Waals surface area contributed by atoms with Crippen molar-refractivity contribution in [2.45, 2.75) is 25.9 Å². The van der Waals surface area contributed by atoms with Crippen LogP contribution in [0.5, 0.6) is 0 Å². The second kappa shape index (κ2) is 9.09. The molecule has 2 aliphatic rings. The molecule has 1 fully saturated rings. The number of fused-ring (bicyclic) bond motifs is 2. The van der Waals surface area contributed by atoms with Crippen LogP contribution in [0.15, 0.2) is 54.6 Å². The third-order valence-corrected chi connectivity index (χ3v) is 6.15. The number of rotatable bonds is 5. The van der Waals surface area contributed by atoms with Crippen LogP contribution in [0.4, 0.5) is 11.5 Å². The SMILES string of the molecule is CC(OC(=O)c1ccc(N2CCCC2)nn1)C(=O)Nc1cccc2c1C(=O)c1ccccc1C2=O. The second-order valence-electron chi connectivity index (χ2n) is 8.44. The molecule has 5 rings (SSSR count). The molecule has 1 aromatic heterocycles. The normalized spacial score (nSPS) is 15.3. The van der Waals surface area contributed by atoms with Crippen molar-refractivity contribution >= 4 is 34.9 Å². The van der Waals surface area contributed by atoms with Crippen molar-refractivity contribution in [3.63, 3.8) is 0 Å². The van der Waals surface area contributed by atoms with Gasteiger partial charge in [-0.2, -0.15) is 0 Å². The minimum atomic E-state index is -1.18. The summed E-state index contributed by atoms with van der Waals surface area (Å²) in [6.07, 6.45) is 1.00. The highest BCUT2D eigenvalue weighted by Gasteiger charge is 2.32. The van der Waals surface area contributed by atoms with Gasteiger partial charge in [-0.1, -0.05) is 36.4 Å². The molecule has 9 heteroatoms. The standard InChI is InChI=1S/C26H22N4O5/c1-15(35-26(34)20-11-12-21(29-28-20)30-13-4-5-14-30)25(33)27-19-10-6-9-18-22(19)24(32)17-8-3-2-7-16(17)23(18)31/h2-3,6-12,15H,4-5,13-14H2,1H3,(H,27,33). The van der Waals surface area contributed by atoms with Crippen LogP contribution in [0.2, 0.25) is 0 Å². The van der Waals surface area contributed by atoms with Crippen LogP contribution in [-0.2, 0) is 9.53 Å². The van der Waals surface area contributed by atoms with E-state index in [1.165, 1.54) is 19.1 Å². The van der Waals surface area contributed by atoms with Gasteiger partial charge < -0.3 is 15.0 Å². The van der Waals surface area contributed by atoms with Crippen LogP contribution >= 0.6 is 0 Å². The number of carbonyl (C=O) groups is 4. The number of hydrogen-bond acceptors (Lipinski definition) is 8. The Balaban J connectivity index is 1.29. The van der Waals surface area contributed by atoms with Crippen LogP contribution in [0.3, 0.4) is 0 Å². The molecule has 1 aliphatic heterocycles. The molecule has 9 nitrogen and oxygen atoms in total. The largest absolute Gasteiger partial charge is 0.448 e. The molecule has 1 saturated heterocycles. The van der Waals surface area contributed by atoms with Crippen LogP contribution in [0, 0.1) is 0 Å². The molecule has 0 radical (unpaired) electrons. The predicted octanol–water partition coefficient (Wildman–Crippen LogP) is 3.04. The average molecular weight is 470 g/mol. The molecule has 3 aromatic rings. The zero-order chi connectivity index (χ0) is 24.5. The molecule has 0 saturated carbocycles. The molecule has 176 valence electrons. The summed E-state index contributed by atoms with van der Waals surface area (Å²) in [4.78, 5) is 53.4. The first-order valence-electron chi connectivity index (χ1n) is 11.4. The third-order valence-electron chi connectivity index (χ3n) is 6.15. The minimum absolute atomic E-state index is 0.0120. The molecular formula is C26H22N4O5. The summed E-state index contributed by atoms with van der Waals surface area (Å²) in [6, 6.07) is 14.5. The summed E-state index contributed by atoms with van der Waals surface area (Å²) in [6.45, 7) is 3.22. The van der Waals surface area contributed by atoms with Crippen molar-refractivity contribution in [3.05, 3.63) is 82.5 Å².